The standard InChI is InChI=1S/C22H14F3NO2S/c1-13(27)14-9-10-19(28-21-26-18-7-2-3-8-20(18)29-21)17(12-14)15-5-4-6-16(11-15)22(23,24)25/h2-12H,1H3. The number of carbonyl (C=O) groups is 1. The Morgan fingerprint density at radius 2 is 1.79 bits per heavy atom. The Balaban J connectivity index is 1.81. The van der Waals surface area contributed by atoms with Crippen molar-refractivity contribution in [3.8, 4) is 22.1 Å². The number of carbonyl (C=O) groups excluding carboxylic acids is 1. The summed E-state index contributed by atoms with van der Waals surface area (Å²) in [7, 11) is 0. The van der Waals surface area contributed by atoms with Crippen LogP contribution < -0.4 is 4.74 Å². The molecule has 3 nitrogen and oxygen atoms in total. The topological polar surface area (TPSA) is 39.2 Å². The summed E-state index contributed by atoms with van der Waals surface area (Å²) < 4.78 is 46.3. The number of halogens is 3. The highest BCUT2D eigenvalue weighted by Crippen LogP contribution is 2.39. The van der Waals surface area contributed by atoms with Gasteiger partial charge < -0.3 is 4.74 Å². The van der Waals surface area contributed by atoms with Crippen molar-refractivity contribution in [1.82, 2.24) is 4.98 Å². The molecule has 4 rings (SSSR count). The number of ether oxygens (including phenoxy) is 1. The van der Waals surface area contributed by atoms with Crippen LogP contribution in [0.5, 0.6) is 10.9 Å². The van der Waals surface area contributed by atoms with Gasteiger partial charge in [0.2, 0.25) is 0 Å². The maximum Gasteiger partial charge on any atom is 0.416 e. The number of alkyl halides is 3. The van der Waals surface area contributed by atoms with Crippen LogP contribution in [0.4, 0.5) is 13.2 Å². The number of nitrogens with zero attached hydrogens (tertiary/aromatic N) is 1. The first-order chi connectivity index (χ1) is 13.8. The van der Waals surface area contributed by atoms with Gasteiger partial charge in [0.15, 0.2) is 5.78 Å². The number of para-hydroxylation sites is 1. The molecule has 4 aromatic rings. The van der Waals surface area contributed by atoms with Crippen LogP contribution in [0.2, 0.25) is 0 Å². The molecule has 0 aliphatic carbocycles. The predicted octanol–water partition coefficient (Wildman–Crippen LogP) is 6.98. The molecule has 0 saturated heterocycles. The van der Waals surface area contributed by atoms with Gasteiger partial charge in [-0.25, -0.2) is 4.98 Å². The van der Waals surface area contributed by atoms with E-state index in [1.165, 1.54) is 24.3 Å². The first-order valence-corrected chi connectivity index (χ1v) is 9.49. The molecule has 7 heteroatoms. The Morgan fingerprint density at radius 3 is 2.52 bits per heavy atom. The number of aromatic nitrogens is 1. The minimum atomic E-state index is -4.47. The molecule has 1 aromatic heterocycles. The number of fused-ring (bicyclic) bond motifs is 1. The third-order valence-corrected chi connectivity index (χ3v) is 5.27. The zero-order valence-electron chi connectivity index (χ0n) is 15.2. The first-order valence-electron chi connectivity index (χ1n) is 8.67. The molecule has 0 fully saturated rings. The molecule has 0 bridgehead atoms. The monoisotopic (exact) mass is 413 g/mol. The number of hydrogen-bond donors (Lipinski definition) is 0. The van der Waals surface area contributed by atoms with E-state index in [1.54, 1.807) is 24.3 Å². The van der Waals surface area contributed by atoms with Crippen molar-refractivity contribution in [2.75, 3.05) is 0 Å². The highest BCUT2D eigenvalue weighted by atomic mass is 32.1. The molecule has 0 saturated carbocycles. The molecule has 0 aliphatic heterocycles. The predicted molar refractivity (Wildman–Crippen MR) is 107 cm³/mol. The third kappa shape index (κ3) is 4.00. The first kappa shape index (κ1) is 19.1. The van der Waals surface area contributed by atoms with Crippen molar-refractivity contribution in [1.29, 1.82) is 0 Å². The highest BCUT2D eigenvalue weighted by Gasteiger charge is 2.30. The summed E-state index contributed by atoms with van der Waals surface area (Å²) in [5.74, 6) is 0.137. The van der Waals surface area contributed by atoms with E-state index in [2.05, 4.69) is 4.98 Å². The molecule has 0 spiro atoms. The van der Waals surface area contributed by atoms with Gasteiger partial charge in [0.05, 0.1) is 15.8 Å². The summed E-state index contributed by atoms with van der Waals surface area (Å²) in [6.45, 7) is 1.40. The molecule has 0 N–H and O–H groups in total. The van der Waals surface area contributed by atoms with Crippen LogP contribution in [0.3, 0.4) is 0 Å². The zero-order chi connectivity index (χ0) is 20.6. The van der Waals surface area contributed by atoms with E-state index < -0.39 is 11.7 Å². The van der Waals surface area contributed by atoms with E-state index >= 15 is 0 Å². The van der Waals surface area contributed by atoms with E-state index in [0.29, 0.717) is 27.6 Å². The van der Waals surface area contributed by atoms with Gasteiger partial charge in [-0.15, -0.1) is 0 Å². The lowest BCUT2D eigenvalue weighted by atomic mass is 9.98. The molecular formula is C22H14F3NO2S. The molecule has 0 radical (unpaired) electrons. The Morgan fingerprint density at radius 1 is 1.00 bits per heavy atom. The van der Waals surface area contributed by atoms with E-state index in [9.17, 15) is 18.0 Å². The Bertz CT molecular complexity index is 1180. The second kappa shape index (κ2) is 7.33. The largest absolute Gasteiger partial charge is 0.430 e. The smallest absolute Gasteiger partial charge is 0.416 e. The molecule has 0 unspecified atom stereocenters. The summed E-state index contributed by atoms with van der Waals surface area (Å²) >= 11 is 1.33. The summed E-state index contributed by atoms with van der Waals surface area (Å²) in [5, 5.41) is 0.370. The van der Waals surface area contributed by atoms with Gasteiger partial charge in [-0.3, -0.25) is 4.79 Å². The van der Waals surface area contributed by atoms with Crippen LogP contribution in [-0.4, -0.2) is 10.8 Å². The van der Waals surface area contributed by atoms with Crippen molar-refractivity contribution < 1.29 is 22.7 Å². The van der Waals surface area contributed by atoms with Gasteiger partial charge in [-0.05, 0) is 55.0 Å². The average Bonchev–Trinajstić information content (AvgIpc) is 3.10. The quantitative estimate of drug-likeness (QED) is 0.339. The lowest BCUT2D eigenvalue weighted by Gasteiger charge is -2.13. The van der Waals surface area contributed by atoms with Crippen molar-refractivity contribution in [2.24, 2.45) is 0 Å². The highest BCUT2D eigenvalue weighted by molar-refractivity contribution is 7.20. The SMILES string of the molecule is CC(=O)c1ccc(Oc2nc3ccccc3s2)c(-c2cccc(C(F)(F)F)c2)c1. The van der Waals surface area contributed by atoms with Gasteiger partial charge in [0.25, 0.3) is 5.19 Å². The minimum absolute atomic E-state index is 0.190. The fourth-order valence-electron chi connectivity index (χ4n) is 2.92. The van der Waals surface area contributed by atoms with Crippen LogP contribution in [0.25, 0.3) is 21.3 Å². The number of rotatable bonds is 4. The summed E-state index contributed by atoms with van der Waals surface area (Å²) in [5.41, 5.74) is 1.08. The summed E-state index contributed by atoms with van der Waals surface area (Å²) in [6, 6.07) is 17.2. The Hall–Kier alpha value is -3.19. The molecule has 1 heterocycles. The van der Waals surface area contributed by atoms with Crippen molar-refractivity contribution in [2.45, 2.75) is 13.1 Å². The van der Waals surface area contributed by atoms with E-state index in [0.717, 1.165) is 22.3 Å². The van der Waals surface area contributed by atoms with Crippen LogP contribution in [-0.2, 0) is 6.18 Å². The Labute approximate surface area is 168 Å². The van der Waals surface area contributed by atoms with Crippen LogP contribution >= 0.6 is 11.3 Å². The van der Waals surface area contributed by atoms with Gasteiger partial charge in [-0.1, -0.05) is 35.6 Å². The zero-order valence-corrected chi connectivity index (χ0v) is 16.0. The maximum absolute atomic E-state index is 13.2. The molecular weight excluding hydrogens is 399 g/mol. The van der Waals surface area contributed by atoms with Gasteiger partial charge in [0, 0.05) is 11.1 Å². The molecule has 0 aliphatic rings. The second-order valence-electron chi connectivity index (χ2n) is 6.40. The van der Waals surface area contributed by atoms with Gasteiger partial charge in [0.1, 0.15) is 5.75 Å². The molecule has 3 aromatic carbocycles. The number of ketones is 1. The van der Waals surface area contributed by atoms with Crippen molar-refractivity contribution in [3.63, 3.8) is 0 Å². The third-order valence-electron chi connectivity index (χ3n) is 4.36. The van der Waals surface area contributed by atoms with Crippen molar-refractivity contribution >= 4 is 27.3 Å². The number of benzene rings is 3. The maximum atomic E-state index is 13.2. The lowest BCUT2D eigenvalue weighted by Crippen LogP contribution is -2.04. The molecule has 0 atom stereocenters. The second-order valence-corrected chi connectivity index (χ2v) is 7.39. The summed E-state index contributed by atoms with van der Waals surface area (Å²) in [6.07, 6.45) is -4.47. The number of thiazole rings is 1. The number of hydrogen-bond acceptors (Lipinski definition) is 4. The lowest BCUT2D eigenvalue weighted by molar-refractivity contribution is -0.137. The van der Waals surface area contributed by atoms with Crippen LogP contribution in [0.15, 0.2) is 66.7 Å². The minimum Gasteiger partial charge on any atom is -0.430 e. The number of Topliss-reactive ketones (excluding diaryl/α,β-unsaturated/α-hetero) is 1. The van der Waals surface area contributed by atoms with E-state index in [4.69, 9.17) is 4.74 Å². The normalized spacial score (nSPS) is 11.6. The van der Waals surface area contributed by atoms with Crippen molar-refractivity contribution in [3.05, 3.63) is 77.9 Å². The molecule has 146 valence electrons. The summed E-state index contributed by atoms with van der Waals surface area (Å²) in [4.78, 5) is 16.2. The van der Waals surface area contributed by atoms with E-state index in [-0.39, 0.29) is 5.78 Å². The molecule has 29 heavy (non-hydrogen) atoms. The van der Waals surface area contributed by atoms with E-state index in [1.807, 2.05) is 24.3 Å². The van der Waals surface area contributed by atoms with Gasteiger partial charge >= 0.3 is 6.18 Å². The van der Waals surface area contributed by atoms with Crippen LogP contribution in [0, 0.1) is 0 Å². The fraction of sp³-hybridized carbons (Fsp3) is 0.0909. The molecule has 0 amide bonds. The fourth-order valence-corrected chi connectivity index (χ4v) is 3.74. The van der Waals surface area contributed by atoms with Crippen LogP contribution in [0.1, 0.15) is 22.8 Å². The van der Waals surface area contributed by atoms with Gasteiger partial charge in [-0.2, -0.15) is 13.2 Å². The Kier molecular flexibility index (Phi) is 4.84. The average molecular weight is 413 g/mol.